The first-order valence-electron chi connectivity index (χ1n) is 8.18. The number of fused-ring (bicyclic) bond motifs is 2. The average molecular weight is 363 g/mol. The van der Waals surface area contributed by atoms with Gasteiger partial charge in [-0.05, 0) is 49.9 Å². The summed E-state index contributed by atoms with van der Waals surface area (Å²) in [5, 5.41) is 0.464. The fourth-order valence-corrected chi connectivity index (χ4v) is 6.14. The lowest BCUT2D eigenvalue weighted by Gasteiger charge is -2.24. The summed E-state index contributed by atoms with van der Waals surface area (Å²) in [6.45, 7) is 1.96. The summed E-state index contributed by atoms with van der Waals surface area (Å²) in [6, 6.07) is 11.0. The van der Waals surface area contributed by atoms with Gasteiger partial charge >= 0.3 is 0 Å². The van der Waals surface area contributed by atoms with E-state index < -0.39 is 10.0 Å². The van der Waals surface area contributed by atoms with Gasteiger partial charge in [-0.25, -0.2) is 13.4 Å². The van der Waals surface area contributed by atoms with Crippen molar-refractivity contribution in [1.82, 2.24) is 9.29 Å². The predicted octanol–water partition coefficient (Wildman–Crippen LogP) is 3.75. The molecule has 0 aliphatic carbocycles. The van der Waals surface area contributed by atoms with Crippen LogP contribution in [-0.4, -0.2) is 29.8 Å². The Morgan fingerprint density at radius 2 is 1.88 bits per heavy atom. The Morgan fingerprint density at radius 3 is 2.54 bits per heavy atom. The number of aromatic nitrogens is 1. The van der Waals surface area contributed by atoms with Crippen molar-refractivity contribution in [3.63, 3.8) is 0 Å². The predicted molar refractivity (Wildman–Crippen MR) is 93.6 cm³/mol. The Morgan fingerprint density at radius 1 is 1.12 bits per heavy atom. The van der Waals surface area contributed by atoms with E-state index in [-0.39, 0.29) is 18.0 Å². The molecule has 3 heterocycles. The van der Waals surface area contributed by atoms with Crippen LogP contribution in [0.1, 0.15) is 36.3 Å². The topological polar surface area (TPSA) is 50.3 Å². The van der Waals surface area contributed by atoms with E-state index >= 15 is 0 Å². The molecule has 0 amide bonds. The van der Waals surface area contributed by atoms with Crippen molar-refractivity contribution in [2.24, 2.45) is 0 Å². The van der Waals surface area contributed by atoms with Crippen LogP contribution in [-0.2, 0) is 10.0 Å². The SMILES string of the molecule is Cc1ccc(S(=O)(=O)N2[C@H]3CC[C@@H]2[C@@H](c2ccc(Cl)nc2)C3)cc1. The molecule has 2 aliphatic heterocycles. The van der Waals surface area contributed by atoms with E-state index in [2.05, 4.69) is 4.98 Å². The first kappa shape index (κ1) is 16.1. The lowest BCUT2D eigenvalue weighted by Crippen LogP contribution is -2.36. The third kappa shape index (κ3) is 2.55. The van der Waals surface area contributed by atoms with E-state index in [1.807, 2.05) is 25.1 Å². The molecule has 2 aliphatic rings. The van der Waals surface area contributed by atoms with E-state index in [4.69, 9.17) is 11.6 Å². The Bertz CT molecular complexity index is 850. The highest BCUT2D eigenvalue weighted by Gasteiger charge is 2.52. The number of aryl methyl sites for hydroxylation is 1. The molecule has 1 aromatic heterocycles. The summed E-state index contributed by atoms with van der Waals surface area (Å²) >= 11 is 5.87. The monoisotopic (exact) mass is 362 g/mol. The third-order valence-corrected chi connectivity index (χ3v) is 7.46. The van der Waals surface area contributed by atoms with Crippen molar-refractivity contribution in [1.29, 1.82) is 0 Å². The van der Waals surface area contributed by atoms with Crippen molar-refractivity contribution in [3.05, 3.63) is 58.9 Å². The van der Waals surface area contributed by atoms with Gasteiger partial charge in [0.15, 0.2) is 0 Å². The Balaban J connectivity index is 1.67. The van der Waals surface area contributed by atoms with Crippen LogP contribution in [0.2, 0.25) is 5.15 Å². The Labute approximate surface area is 147 Å². The lowest BCUT2D eigenvalue weighted by atomic mass is 9.85. The van der Waals surface area contributed by atoms with Gasteiger partial charge in [0.2, 0.25) is 10.0 Å². The molecule has 4 nitrogen and oxygen atoms in total. The highest BCUT2D eigenvalue weighted by Crippen LogP contribution is 2.49. The fourth-order valence-electron chi connectivity index (χ4n) is 4.11. The molecule has 4 rings (SSSR count). The van der Waals surface area contributed by atoms with Crippen LogP contribution in [0.4, 0.5) is 0 Å². The third-order valence-electron chi connectivity index (χ3n) is 5.25. The molecule has 0 unspecified atom stereocenters. The highest BCUT2D eigenvalue weighted by molar-refractivity contribution is 7.89. The molecule has 24 heavy (non-hydrogen) atoms. The number of pyridine rings is 1. The maximum absolute atomic E-state index is 13.1. The fraction of sp³-hybridized carbons (Fsp3) is 0.389. The van der Waals surface area contributed by atoms with Gasteiger partial charge in [-0.15, -0.1) is 0 Å². The molecule has 2 fully saturated rings. The quantitative estimate of drug-likeness (QED) is 0.781. The van der Waals surface area contributed by atoms with E-state index in [1.54, 1.807) is 28.7 Å². The number of halogens is 1. The number of hydrogen-bond donors (Lipinski definition) is 0. The summed E-state index contributed by atoms with van der Waals surface area (Å²) in [7, 11) is -3.45. The number of sulfonamides is 1. The summed E-state index contributed by atoms with van der Waals surface area (Å²) in [6.07, 6.45) is 4.49. The molecule has 0 spiro atoms. The van der Waals surface area contributed by atoms with Gasteiger partial charge in [-0.2, -0.15) is 4.31 Å². The maximum atomic E-state index is 13.1. The normalized spacial score (nSPS) is 26.8. The first-order valence-corrected chi connectivity index (χ1v) is 10.0. The Kier molecular flexibility index (Phi) is 3.90. The van der Waals surface area contributed by atoms with Crippen LogP contribution in [0.5, 0.6) is 0 Å². The first-order chi connectivity index (χ1) is 11.5. The van der Waals surface area contributed by atoms with Gasteiger partial charge in [0.25, 0.3) is 0 Å². The largest absolute Gasteiger partial charge is 0.244 e. The molecule has 2 aromatic rings. The molecular weight excluding hydrogens is 344 g/mol. The zero-order valence-corrected chi connectivity index (χ0v) is 15.0. The molecule has 6 heteroatoms. The van der Waals surface area contributed by atoms with E-state index in [1.165, 1.54) is 0 Å². The number of rotatable bonds is 3. The molecule has 2 saturated heterocycles. The van der Waals surface area contributed by atoms with Gasteiger partial charge in [0, 0.05) is 24.2 Å². The van der Waals surface area contributed by atoms with Crippen LogP contribution >= 0.6 is 11.6 Å². The molecule has 0 radical (unpaired) electrons. The molecular formula is C18H19ClN2O2S. The van der Waals surface area contributed by atoms with Crippen LogP contribution in [0.15, 0.2) is 47.5 Å². The van der Waals surface area contributed by atoms with E-state index in [0.29, 0.717) is 10.0 Å². The van der Waals surface area contributed by atoms with E-state index in [9.17, 15) is 8.42 Å². The van der Waals surface area contributed by atoms with Gasteiger partial charge in [-0.3, -0.25) is 0 Å². The molecule has 3 atom stereocenters. The number of hydrogen-bond acceptors (Lipinski definition) is 3. The van der Waals surface area contributed by atoms with Crippen LogP contribution in [0.3, 0.4) is 0 Å². The zero-order chi connectivity index (χ0) is 16.9. The summed E-state index contributed by atoms with van der Waals surface area (Å²) in [5.74, 6) is 0.203. The standard InChI is InChI=1S/C18H19ClN2O2S/c1-12-2-6-15(7-3-12)24(22,23)21-14-5-8-17(21)16(10-14)13-4-9-18(19)20-11-13/h2-4,6-7,9,11,14,16-17H,5,8,10H2,1H3/t14-,16+,17+/m0/s1. The summed E-state index contributed by atoms with van der Waals surface area (Å²) in [5.41, 5.74) is 2.14. The highest BCUT2D eigenvalue weighted by atomic mass is 35.5. The molecule has 126 valence electrons. The van der Waals surface area contributed by atoms with Gasteiger partial charge < -0.3 is 0 Å². The smallest absolute Gasteiger partial charge is 0.243 e. The second-order valence-corrected chi connectivity index (χ2v) is 8.93. The lowest BCUT2D eigenvalue weighted by molar-refractivity contribution is 0.388. The average Bonchev–Trinajstić information content (AvgIpc) is 3.15. The maximum Gasteiger partial charge on any atom is 0.243 e. The number of nitrogens with zero attached hydrogens (tertiary/aromatic N) is 2. The second kappa shape index (κ2) is 5.83. The van der Waals surface area contributed by atoms with Crippen molar-refractivity contribution in [3.8, 4) is 0 Å². The van der Waals surface area contributed by atoms with Crippen molar-refractivity contribution >= 4 is 21.6 Å². The van der Waals surface area contributed by atoms with Crippen molar-refractivity contribution in [2.45, 2.75) is 49.1 Å². The molecule has 0 N–H and O–H groups in total. The molecule has 0 saturated carbocycles. The number of benzene rings is 1. The van der Waals surface area contributed by atoms with Gasteiger partial charge in [-0.1, -0.05) is 35.4 Å². The molecule has 2 bridgehead atoms. The van der Waals surface area contributed by atoms with Crippen LogP contribution < -0.4 is 0 Å². The summed E-state index contributed by atoms with van der Waals surface area (Å²) < 4.78 is 28.0. The zero-order valence-electron chi connectivity index (χ0n) is 13.4. The van der Waals surface area contributed by atoms with Crippen molar-refractivity contribution in [2.75, 3.05) is 0 Å². The second-order valence-electron chi connectivity index (χ2n) is 6.70. The Hall–Kier alpha value is -1.43. The van der Waals surface area contributed by atoms with Crippen LogP contribution in [0, 0.1) is 6.92 Å². The minimum absolute atomic E-state index is 0.0179. The minimum Gasteiger partial charge on any atom is -0.244 e. The van der Waals surface area contributed by atoms with Crippen LogP contribution in [0.25, 0.3) is 0 Å². The van der Waals surface area contributed by atoms with E-state index in [0.717, 1.165) is 30.4 Å². The van der Waals surface area contributed by atoms with Gasteiger partial charge in [0.1, 0.15) is 5.15 Å². The summed E-state index contributed by atoms with van der Waals surface area (Å²) in [4.78, 5) is 4.55. The molecule has 1 aromatic carbocycles. The van der Waals surface area contributed by atoms with Gasteiger partial charge in [0.05, 0.1) is 4.90 Å². The minimum atomic E-state index is -3.45. The van der Waals surface area contributed by atoms with Crippen molar-refractivity contribution < 1.29 is 8.42 Å².